The third-order valence-corrected chi connectivity index (χ3v) is 3.92. The number of rotatable bonds is 3. The van der Waals surface area contributed by atoms with Crippen LogP contribution >= 0.6 is 0 Å². The molecule has 0 atom stereocenters. The van der Waals surface area contributed by atoms with Gasteiger partial charge in [-0.1, -0.05) is 6.07 Å². The lowest BCUT2D eigenvalue weighted by Gasteiger charge is -2.12. The van der Waals surface area contributed by atoms with Gasteiger partial charge in [-0.25, -0.2) is 4.79 Å². The number of phenolic OH excluding ortho intramolecular Hbond substituents is 1. The number of aryl methyl sites for hydroxylation is 1. The van der Waals surface area contributed by atoms with Crippen LogP contribution in [0, 0.1) is 6.92 Å². The quantitative estimate of drug-likeness (QED) is 0.767. The van der Waals surface area contributed by atoms with Gasteiger partial charge < -0.3 is 10.2 Å². The molecule has 0 amide bonds. The molecule has 3 aromatic rings. The molecule has 2 aromatic carbocycles. The predicted octanol–water partition coefficient (Wildman–Crippen LogP) is 4.00. The molecule has 0 aliphatic rings. The van der Waals surface area contributed by atoms with E-state index in [1.165, 1.54) is 0 Å². The van der Waals surface area contributed by atoms with Crippen molar-refractivity contribution in [1.29, 1.82) is 0 Å². The van der Waals surface area contributed by atoms with E-state index < -0.39 is 5.97 Å². The molecule has 0 saturated heterocycles. The monoisotopic (exact) mass is 310 g/mol. The minimum atomic E-state index is -0.985. The second-order valence-corrected chi connectivity index (χ2v) is 5.89. The third kappa shape index (κ3) is 2.44. The lowest BCUT2D eigenvalue weighted by Crippen LogP contribution is -2.05. The number of aromatic carboxylic acids is 1. The fourth-order valence-corrected chi connectivity index (χ4v) is 2.81. The predicted molar refractivity (Wildman–Crippen MR) is 88.9 cm³/mol. The zero-order chi connectivity index (χ0) is 16.7. The van der Waals surface area contributed by atoms with Gasteiger partial charge in [-0.2, -0.15) is 5.10 Å². The van der Waals surface area contributed by atoms with E-state index in [0.29, 0.717) is 5.52 Å². The Bertz CT molecular complexity index is 893. The van der Waals surface area contributed by atoms with Crippen molar-refractivity contribution in [3.05, 3.63) is 47.5 Å². The summed E-state index contributed by atoms with van der Waals surface area (Å²) in [7, 11) is 0. The van der Waals surface area contributed by atoms with Crippen molar-refractivity contribution >= 4 is 16.9 Å². The molecule has 2 N–H and O–H groups in total. The summed E-state index contributed by atoms with van der Waals surface area (Å²) >= 11 is 0. The van der Waals surface area contributed by atoms with Gasteiger partial charge in [0.25, 0.3) is 0 Å². The van der Waals surface area contributed by atoms with Gasteiger partial charge in [0.2, 0.25) is 0 Å². The van der Waals surface area contributed by atoms with Crippen LogP contribution in [0.1, 0.15) is 35.8 Å². The summed E-state index contributed by atoms with van der Waals surface area (Å²) in [6, 6.07) is 10.4. The van der Waals surface area contributed by atoms with Crippen LogP contribution in [0.25, 0.3) is 22.2 Å². The third-order valence-electron chi connectivity index (χ3n) is 3.92. The Balaban J connectivity index is 2.43. The standard InChI is InChI=1S/C18H18N2O3/c1-10(2)20-17(12-5-7-13(21)8-6-12)15-11(3)4-9-14(18(22)23)16(15)19-20/h4-10,21H,1-3H3,(H,22,23). The van der Waals surface area contributed by atoms with Crippen LogP contribution in [0.3, 0.4) is 0 Å². The van der Waals surface area contributed by atoms with Crippen molar-refractivity contribution in [3.8, 4) is 17.0 Å². The van der Waals surface area contributed by atoms with Crippen LogP contribution in [0.5, 0.6) is 5.75 Å². The summed E-state index contributed by atoms with van der Waals surface area (Å²) in [5.41, 5.74) is 3.43. The van der Waals surface area contributed by atoms with Crippen LogP contribution in [-0.2, 0) is 0 Å². The molecule has 0 radical (unpaired) electrons. The zero-order valence-electron chi connectivity index (χ0n) is 13.2. The number of carbonyl (C=O) groups is 1. The second-order valence-electron chi connectivity index (χ2n) is 5.89. The van der Waals surface area contributed by atoms with Crippen molar-refractivity contribution in [2.45, 2.75) is 26.8 Å². The number of hydrogen-bond acceptors (Lipinski definition) is 3. The first kappa shape index (κ1) is 15.1. The molecule has 0 aliphatic carbocycles. The molecule has 118 valence electrons. The molecule has 0 saturated carbocycles. The SMILES string of the molecule is Cc1ccc(C(=O)O)c2nn(C(C)C)c(-c3ccc(O)cc3)c12. The number of hydrogen-bond donors (Lipinski definition) is 2. The summed E-state index contributed by atoms with van der Waals surface area (Å²) in [6.07, 6.45) is 0. The largest absolute Gasteiger partial charge is 0.508 e. The van der Waals surface area contributed by atoms with Crippen LogP contribution in [0.4, 0.5) is 0 Å². The number of carboxylic acids is 1. The molecule has 3 rings (SSSR count). The van der Waals surface area contributed by atoms with Crippen molar-refractivity contribution < 1.29 is 15.0 Å². The van der Waals surface area contributed by atoms with Crippen LogP contribution in [0.2, 0.25) is 0 Å². The van der Waals surface area contributed by atoms with E-state index in [0.717, 1.165) is 22.2 Å². The van der Waals surface area contributed by atoms with Gasteiger partial charge in [0, 0.05) is 17.0 Å². The number of nitrogens with zero attached hydrogens (tertiary/aromatic N) is 2. The van der Waals surface area contributed by atoms with Gasteiger partial charge in [0.05, 0.1) is 11.3 Å². The molecule has 1 heterocycles. The molecule has 23 heavy (non-hydrogen) atoms. The van der Waals surface area contributed by atoms with E-state index in [-0.39, 0.29) is 17.4 Å². The van der Waals surface area contributed by atoms with E-state index in [1.807, 2.05) is 43.7 Å². The van der Waals surface area contributed by atoms with Gasteiger partial charge in [-0.3, -0.25) is 4.68 Å². The maximum absolute atomic E-state index is 11.5. The molecule has 0 unspecified atom stereocenters. The molecule has 0 fully saturated rings. The molecule has 5 heteroatoms. The maximum atomic E-state index is 11.5. The fraction of sp³-hybridized carbons (Fsp3) is 0.222. The number of aromatic nitrogens is 2. The Morgan fingerprint density at radius 2 is 1.78 bits per heavy atom. The minimum absolute atomic E-state index is 0.0762. The molecule has 5 nitrogen and oxygen atoms in total. The molecule has 0 bridgehead atoms. The van der Waals surface area contributed by atoms with E-state index in [4.69, 9.17) is 0 Å². The summed E-state index contributed by atoms with van der Waals surface area (Å²) in [4.78, 5) is 11.5. The molecule has 1 aromatic heterocycles. The van der Waals surface area contributed by atoms with E-state index in [9.17, 15) is 15.0 Å². The minimum Gasteiger partial charge on any atom is -0.508 e. The molecule has 0 spiro atoms. The topological polar surface area (TPSA) is 75.3 Å². The van der Waals surface area contributed by atoms with Crippen molar-refractivity contribution in [2.24, 2.45) is 0 Å². The zero-order valence-corrected chi connectivity index (χ0v) is 13.2. The van der Waals surface area contributed by atoms with Crippen LogP contribution < -0.4 is 0 Å². The smallest absolute Gasteiger partial charge is 0.337 e. The number of aromatic hydroxyl groups is 1. The average Bonchev–Trinajstić information content (AvgIpc) is 2.89. The molecular formula is C18H18N2O3. The average molecular weight is 310 g/mol. The van der Waals surface area contributed by atoms with Crippen molar-refractivity contribution in [1.82, 2.24) is 9.78 Å². The highest BCUT2D eigenvalue weighted by Crippen LogP contribution is 2.35. The van der Waals surface area contributed by atoms with Gasteiger partial charge in [-0.05, 0) is 56.7 Å². The normalized spacial score (nSPS) is 11.3. The summed E-state index contributed by atoms with van der Waals surface area (Å²) in [5.74, 6) is -0.794. The van der Waals surface area contributed by atoms with Gasteiger partial charge in [0.1, 0.15) is 11.3 Å². The lowest BCUT2D eigenvalue weighted by atomic mass is 10.0. The number of fused-ring (bicyclic) bond motifs is 1. The van der Waals surface area contributed by atoms with E-state index in [2.05, 4.69) is 5.10 Å². The number of benzene rings is 2. The van der Waals surface area contributed by atoms with Crippen molar-refractivity contribution in [3.63, 3.8) is 0 Å². The van der Waals surface area contributed by atoms with Crippen LogP contribution in [-0.4, -0.2) is 26.0 Å². The Labute approximate surface area is 133 Å². The number of phenols is 1. The van der Waals surface area contributed by atoms with Gasteiger partial charge >= 0.3 is 5.97 Å². The molecule has 0 aliphatic heterocycles. The van der Waals surface area contributed by atoms with Gasteiger partial charge in [0.15, 0.2) is 0 Å². The summed E-state index contributed by atoms with van der Waals surface area (Å²) < 4.78 is 1.84. The summed E-state index contributed by atoms with van der Waals surface area (Å²) in [6.45, 7) is 5.96. The Morgan fingerprint density at radius 1 is 1.13 bits per heavy atom. The fourth-order valence-electron chi connectivity index (χ4n) is 2.81. The first-order valence-electron chi connectivity index (χ1n) is 7.44. The number of carboxylic acid groups (broad SMARTS) is 1. The highest BCUT2D eigenvalue weighted by atomic mass is 16.4. The Kier molecular flexibility index (Phi) is 3.56. The highest BCUT2D eigenvalue weighted by molar-refractivity contribution is 6.07. The Morgan fingerprint density at radius 3 is 2.35 bits per heavy atom. The van der Waals surface area contributed by atoms with Gasteiger partial charge in [-0.15, -0.1) is 0 Å². The Hall–Kier alpha value is -2.82. The molecular weight excluding hydrogens is 292 g/mol. The summed E-state index contributed by atoms with van der Waals surface area (Å²) in [5, 5.41) is 24.4. The maximum Gasteiger partial charge on any atom is 0.337 e. The highest BCUT2D eigenvalue weighted by Gasteiger charge is 2.21. The second kappa shape index (κ2) is 5.43. The first-order valence-corrected chi connectivity index (χ1v) is 7.44. The first-order chi connectivity index (χ1) is 10.9. The lowest BCUT2D eigenvalue weighted by molar-refractivity contribution is 0.0698. The van der Waals surface area contributed by atoms with Crippen LogP contribution in [0.15, 0.2) is 36.4 Å². The van der Waals surface area contributed by atoms with E-state index in [1.54, 1.807) is 18.2 Å². The van der Waals surface area contributed by atoms with Crippen molar-refractivity contribution in [2.75, 3.05) is 0 Å². The van der Waals surface area contributed by atoms with E-state index >= 15 is 0 Å².